The van der Waals surface area contributed by atoms with Gasteiger partial charge in [-0.25, -0.2) is 4.98 Å². The third-order valence-electron chi connectivity index (χ3n) is 4.40. The summed E-state index contributed by atoms with van der Waals surface area (Å²) in [5, 5.41) is 3.44. The highest BCUT2D eigenvalue weighted by atomic mass is 15.2. The average molecular weight is 289 g/mol. The number of rotatable bonds is 7. The Morgan fingerprint density at radius 1 is 1.24 bits per heavy atom. The predicted molar refractivity (Wildman–Crippen MR) is 90.9 cm³/mol. The predicted octanol–water partition coefficient (Wildman–Crippen LogP) is 3.91. The Morgan fingerprint density at radius 2 is 2.10 bits per heavy atom. The highest BCUT2D eigenvalue weighted by Crippen LogP contribution is 2.26. The van der Waals surface area contributed by atoms with Crippen LogP contribution in [-0.4, -0.2) is 24.1 Å². The summed E-state index contributed by atoms with van der Waals surface area (Å²) in [6.45, 7) is 9.83. The molecule has 0 aliphatic carbocycles. The minimum Gasteiger partial charge on any atom is -0.354 e. The van der Waals surface area contributed by atoms with E-state index >= 15 is 0 Å². The molecular weight excluding hydrogens is 258 g/mol. The summed E-state index contributed by atoms with van der Waals surface area (Å²) in [5.41, 5.74) is 2.63. The summed E-state index contributed by atoms with van der Waals surface area (Å²) in [6.07, 6.45) is 7.46. The van der Waals surface area contributed by atoms with Gasteiger partial charge in [-0.2, -0.15) is 0 Å². The fourth-order valence-corrected chi connectivity index (χ4v) is 3.26. The molecule has 1 aliphatic rings. The molecule has 1 unspecified atom stereocenters. The van der Waals surface area contributed by atoms with E-state index in [9.17, 15) is 0 Å². The molecule has 3 heteroatoms. The van der Waals surface area contributed by atoms with Crippen LogP contribution in [0.3, 0.4) is 0 Å². The molecule has 1 aliphatic heterocycles. The molecule has 0 spiro atoms. The molecule has 118 valence electrons. The summed E-state index contributed by atoms with van der Waals surface area (Å²) in [7, 11) is 0. The highest BCUT2D eigenvalue weighted by Gasteiger charge is 2.22. The van der Waals surface area contributed by atoms with E-state index in [1.54, 1.807) is 0 Å². The molecule has 1 saturated heterocycles. The standard InChI is InChI=1S/C18H31N3/c1-4-9-16-12-15(14-19-6-3)13-18(20-16)21-11-8-7-10-17(21)5-2/h12-13,17,19H,4-11,14H2,1-3H3. The Labute approximate surface area is 130 Å². The van der Waals surface area contributed by atoms with Gasteiger partial charge in [0.15, 0.2) is 0 Å². The van der Waals surface area contributed by atoms with Crippen LogP contribution in [0.25, 0.3) is 0 Å². The van der Waals surface area contributed by atoms with Crippen LogP contribution in [0.2, 0.25) is 0 Å². The summed E-state index contributed by atoms with van der Waals surface area (Å²) in [5.74, 6) is 1.21. The number of hydrogen-bond donors (Lipinski definition) is 1. The van der Waals surface area contributed by atoms with Gasteiger partial charge in [0.1, 0.15) is 5.82 Å². The molecule has 2 heterocycles. The Balaban J connectivity index is 2.24. The molecule has 1 aromatic heterocycles. The average Bonchev–Trinajstić information content (AvgIpc) is 2.53. The van der Waals surface area contributed by atoms with Crippen molar-refractivity contribution in [3.8, 4) is 0 Å². The van der Waals surface area contributed by atoms with E-state index in [2.05, 4.69) is 43.1 Å². The van der Waals surface area contributed by atoms with E-state index in [0.717, 1.165) is 25.9 Å². The summed E-state index contributed by atoms with van der Waals surface area (Å²) in [4.78, 5) is 7.50. The summed E-state index contributed by atoms with van der Waals surface area (Å²) >= 11 is 0. The number of piperidine rings is 1. The maximum absolute atomic E-state index is 4.95. The van der Waals surface area contributed by atoms with Gasteiger partial charge in [0.25, 0.3) is 0 Å². The van der Waals surface area contributed by atoms with Gasteiger partial charge in [-0.1, -0.05) is 27.2 Å². The summed E-state index contributed by atoms with van der Waals surface area (Å²) < 4.78 is 0. The van der Waals surface area contributed by atoms with Crippen molar-refractivity contribution >= 4 is 5.82 Å². The molecule has 0 aromatic carbocycles. The molecule has 0 bridgehead atoms. The van der Waals surface area contributed by atoms with Crippen molar-refractivity contribution in [1.82, 2.24) is 10.3 Å². The number of nitrogens with one attached hydrogen (secondary N) is 1. The SMILES string of the molecule is CCCc1cc(CNCC)cc(N2CCCCC2CC)n1. The molecule has 1 fully saturated rings. The number of pyridine rings is 1. The first-order valence-corrected chi connectivity index (χ1v) is 8.75. The molecule has 21 heavy (non-hydrogen) atoms. The smallest absolute Gasteiger partial charge is 0.129 e. The third-order valence-corrected chi connectivity index (χ3v) is 4.40. The van der Waals surface area contributed by atoms with Crippen LogP contribution in [0.1, 0.15) is 64.1 Å². The minimum atomic E-state index is 0.676. The molecular formula is C18H31N3. The number of aromatic nitrogens is 1. The Bertz CT molecular complexity index is 430. The zero-order valence-corrected chi connectivity index (χ0v) is 14.0. The van der Waals surface area contributed by atoms with Gasteiger partial charge in [-0.15, -0.1) is 0 Å². The first-order chi connectivity index (χ1) is 10.3. The molecule has 0 amide bonds. The quantitative estimate of drug-likeness (QED) is 0.825. The molecule has 3 nitrogen and oxygen atoms in total. The summed E-state index contributed by atoms with van der Waals surface area (Å²) in [6, 6.07) is 5.26. The van der Waals surface area contributed by atoms with Gasteiger partial charge < -0.3 is 10.2 Å². The fraction of sp³-hybridized carbons (Fsp3) is 0.722. The lowest BCUT2D eigenvalue weighted by Gasteiger charge is -2.36. The lowest BCUT2D eigenvalue weighted by atomic mass is 9.99. The molecule has 1 aromatic rings. The van der Waals surface area contributed by atoms with E-state index in [0.29, 0.717) is 6.04 Å². The Morgan fingerprint density at radius 3 is 2.81 bits per heavy atom. The van der Waals surface area contributed by atoms with Gasteiger partial charge in [-0.05, 0) is 56.3 Å². The van der Waals surface area contributed by atoms with Crippen molar-refractivity contribution in [3.63, 3.8) is 0 Å². The van der Waals surface area contributed by atoms with Crippen LogP contribution >= 0.6 is 0 Å². The number of aryl methyl sites for hydroxylation is 1. The molecule has 1 N–H and O–H groups in total. The van der Waals surface area contributed by atoms with Crippen LogP contribution < -0.4 is 10.2 Å². The van der Waals surface area contributed by atoms with Crippen molar-refractivity contribution in [3.05, 3.63) is 23.4 Å². The van der Waals surface area contributed by atoms with E-state index < -0.39 is 0 Å². The van der Waals surface area contributed by atoms with Crippen LogP contribution in [0.5, 0.6) is 0 Å². The molecule has 2 rings (SSSR count). The maximum Gasteiger partial charge on any atom is 0.129 e. The monoisotopic (exact) mass is 289 g/mol. The molecule has 1 atom stereocenters. The van der Waals surface area contributed by atoms with E-state index in [4.69, 9.17) is 4.98 Å². The van der Waals surface area contributed by atoms with Gasteiger partial charge in [-0.3, -0.25) is 0 Å². The van der Waals surface area contributed by atoms with Crippen molar-refractivity contribution in [2.75, 3.05) is 18.0 Å². The van der Waals surface area contributed by atoms with Crippen molar-refractivity contribution in [2.24, 2.45) is 0 Å². The zero-order chi connectivity index (χ0) is 15.1. The van der Waals surface area contributed by atoms with Gasteiger partial charge in [0.05, 0.1) is 0 Å². The van der Waals surface area contributed by atoms with Crippen LogP contribution in [0.4, 0.5) is 5.82 Å². The highest BCUT2D eigenvalue weighted by molar-refractivity contribution is 5.44. The second kappa shape index (κ2) is 8.38. The number of anilines is 1. The lowest BCUT2D eigenvalue weighted by molar-refractivity contribution is 0.446. The van der Waals surface area contributed by atoms with Gasteiger partial charge >= 0.3 is 0 Å². The van der Waals surface area contributed by atoms with E-state index in [1.807, 2.05) is 0 Å². The van der Waals surface area contributed by atoms with Crippen LogP contribution in [-0.2, 0) is 13.0 Å². The van der Waals surface area contributed by atoms with E-state index in [1.165, 1.54) is 49.3 Å². The largest absolute Gasteiger partial charge is 0.354 e. The van der Waals surface area contributed by atoms with Crippen LogP contribution in [0, 0.1) is 0 Å². The topological polar surface area (TPSA) is 28.2 Å². The van der Waals surface area contributed by atoms with Gasteiger partial charge in [0.2, 0.25) is 0 Å². The van der Waals surface area contributed by atoms with E-state index in [-0.39, 0.29) is 0 Å². The molecule has 0 saturated carbocycles. The lowest BCUT2D eigenvalue weighted by Crippen LogP contribution is -2.39. The Kier molecular flexibility index (Phi) is 6.50. The fourth-order valence-electron chi connectivity index (χ4n) is 3.26. The van der Waals surface area contributed by atoms with Crippen molar-refractivity contribution < 1.29 is 0 Å². The first kappa shape index (κ1) is 16.3. The first-order valence-electron chi connectivity index (χ1n) is 8.75. The zero-order valence-electron chi connectivity index (χ0n) is 14.0. The van der Waals surface area contributed by atoms with Crippen molar-refractivity contribution in [1.29, 1.82) is 0 Å². The normalized spacial score (nSPS) is 19.0. The van der Waals surface area contributed by atoms with Crippen molar-refractivity contribution in [2.45, 2.75) is 71.9 Å². The second-order valence-electron chi connectivity index (χ2n) is 6.11. The molecule has 0 radical (unpaired) electrons. The van der Waals surface area contributed by atoms with Gasteiger partial charge in [0, 0.05) is 24.8 Å². The Hall–Kier alpha value is -1.09. The maximum atomic E-state index is 4.95. The second-order valence-corrected chi connectivity index (χ2v) is 6.11. The van der Waals surface area contributed by atoms with Crippen LogP contribution in [0.15, 0.2) is 12.1 Å². The third kappa shape index (κ3) is 4.44. The number of hydrogen-bond acceptors (Lipinski definition) is 3. The number of nitrogens with zero attached hydrogens (tertiary/aromatic N) is 2. The minimum absolute atomic E-state index is 0.676.